The Morgan fingerprint density at radius 2 is 1.62 bits per heavy atom. The van der Waals surface area contributed by atoms with Crippen molar-refractivity contribution in [2.24, 2.45) is 0 Å². The molecule has 2 aromatic heterocycles. The molecule has 0 radical (unpaired) electrons. The first kappa shape index (κ1) is 25.8. The Labute approximate surface area is 230 Å². The molecule has 4 heterocycles. The normalized spacial score (nSPS) is 22.7. The van der Waals surface area contributed by atoms with Crippen molar-refractivity contribution in [2.75, 3.05) is 13.2 Å². The molecule has 2 aliphatic heterocycles. The molecule has 0 amide bonds. The van der Waals surface area contributed by atoms with Gasteiger partial charge in [0.15, 0.2) is 11.8 Å². The number of H-pyrrole nitrogens is 1. The molecular weight excluding hydrogens is 522 g/mol. The maximum Gasteiger partial charge on any atom is 0.338 e. The van der Waals surface area contributed by atoms with Crippen molar-refractivity contribution in [3.8, 4) is 28.4 Å². The molecule has 202 valence electrons. The number of esters is 1. The van der Waals surface area contributed by atoms with Gasteiger partial charge < -0.3 is 29.0 Å². The first-order chi connectivity index (χ1) is 18.6. The molecule has 2 N–H and O–H groups in total. The number of nitrogens with zero attached hydrogens (tertiary/aromatic N) is 2. The van der Waals surface area contributed by atoms with Gasteiger partial charge in [-0.15, -0.1) is 0 Å². The maximum atomic E-state index is 12.3. The zero-order valence-corrected chi connectivity index (χ0v) is 22.4. The Morgan fingerprint density at radius 1 is 0.974 bits per heavy atom. The van der Waals surface area contributed by atoms with E-state index in [4.69, 9.17) is 30.5 Å². The second kappa shape index (κ2) is 9.91. The molecular formula is C29H28ClN3O6. The smallest absolute Gasteiger partial charge is 0.338 e. The minimum absolute atomic E-state index is 0.228. The van der Waals surface area contributed by atoms with Gasteiger partial charge >= 0.3 is 5.97 Å². The minimum Gasteiger partial charge on any atom is -0.456 e. The van der Waals surface area contributed by atoms with E-state index in [-0.39, 0.29) is 36.9 Å². The largest absolute Gasteiger partial charge is 0.456 e. The summed E-state index contributed by atoms with van der Waals surface area (Å²) >= 11 is 6.59. The number of benzene rings is 2. The number of aliphatic hydroxyl groups is 1. The van der Waals surface area contributed by atoms with Crippen LogP contribution in [0, 0.1) is 0 Å². The van der Waals surface area contributed by atoms with E-state index >= 15 is 0 Å². The van der Waals surface area contributed by atoms with E-state index in [9.17, 15) is 9.90 Å². The second-order valence-corrected chi connectivity index (χ2v) is 11.1. The number of ether oxygens (including phenoxy) is 4. The van der Waals surface area contributed by atoms with Crippen molar-refractivity contribution < 1.29 is 28.8 Å². The van der Waals surface area contributed by atoms with Crippen LogP contribution in [-0.4, -0.2) is 69.3 Å². The number of hydrogen-bond donors (Lipinski definition) is 2. The van der Waals surface area contributed by atoms with E-state index in [0.29, 0.717) is 34.1 Å². The van der Waals surface area contributed by atoms with Crippen molar-refractivity contribution in [2.45, 2.75) is 50.8 Å². The highest BCUT2D eigenvalue weighted by Crippen LogP contribution is 2.33. The average molecular weight is 550 g/mol. The third kappa shape index (κ3) is 5.23. The van der Waals surface area contributed by atoms with Gasteiger partial charge in [0.2, 0.25) is 0 Å². The Morgan fingerprint density at radius 3 is 2.31 bits per heavy atom. The molecule has 0 spiro atoms. The van der Waals surface area contributed by atoms with Crippen LogP contribution in [-0.2, 0) is 14.2 Å². The number of hydrogen-bond acceptors (Lipinski definition) is 8. The molecule has 2 aromatic carbocycles. The van der Waals surface area contributed by atoms with Gasteiger partial charge in [-0.1, -0.05) is 48.0 Å². The lowest BCUT2D eigenvalue weighted by Gasteiger charge is -2.19. The molecule has 6 rings (SSSR count). The van der Waals surface area contributed by atoms with Crippen LogP contribution < -0.4 is 4.74 Å². The lowest BCUT2D eigenvalue weighted by molar-refractivity contribution is 0.00683. The van der Waals surface area contributed by atoms with Gasteiger partial charge in [0.05, 0.1) is 35.0 Å². The summed E-state index contributed by atoms with van der Waals surface area (Å²) < 4.78 is 22.7. The van der Waals surface area contributed by atoms with Gasteiger partial charge in [-0.3, -0.25) is 0 Å². The maximum absolute atomic E-state index is 12.3. The molecule has 2 aliphatic rings. The molecule has 0 bridgehead atoms. The van der Waals surface area contributed by atoms with Gasteiger partial charge in [0.25, 0.3) is 6.01 Å². The number of fused-ring (bicyclic) bond motifs is 2. The highest BCUT2D eigenvalue weighted by atomic mass is 35.5. The van der Waals surface area contributed by atoms with Crippen molar-refractivity contribution in [1.29, 1.82) is 0 Å². The minimum atomic E-state index is -0.648. The summed E-state index contributed by atoms with van der Waals surface area (Å²) in [6.45, 7) is 6.06. The Bertz CT molecular complexity index is 1510. The van der Waals surface area contributed by atoms with Crippen LogP contribution in [0.25, 0.3) is 33.5 Å². The number of halogens is 1. The number of pyridine rings is 1. The number of aromatic amines is 1. The Hall–Kier alpha value is -3.50. The van der Waals surface area contributed by atoms with E-state index in [2.05, 4.69) is 15.0 Å². The van der Waals surface area contributed by atoms with Crippen LogP contribution in [0.1, 0.15) is 31.1 Å². The summed E-state index contributed by atoms with van der Waals surface area (Å²) in [5, 5.41) is 10.4. The van der Waals surface area contributed by atoms with Crippen LogP contribution in [0.4, 0.5) is 0 Å². The summed E-state index contributed by atoms with van der Waals surface area (Å²) in [6, 6.07) is 17.2. The molecule has 2 saturated heterocycles. The quantitative estimate of drug-likeness (QED) is 0.341. The average Bonchev–Trinajstić information content (AvgIpc) is 3.59. The van der Waals surface area contributed by atoms with Gasteiger partial charge in [-0.25, -0.2) is 9.78 Å². The van der Waals surface area contributed by atoms with Crippen LogP contribution in [0.3, 0.4) is 0 Å². The van der Waals surface area contributed by atoms with E-state index in [1.165, 1.54) is 0 Å². The fourth-order valence-corrected chi connectivity index (χ4v) is 5.06. The molecule has 4 unspecified atom stereocenters. The van der Waals surface area contributed by atoms with Crippen molar-refractivity contribution in [3.63, 3.8) is 0 Å². The highest BCUT2D eigenvalue weighted by molar-refractivity contribution is 6.33. The zero-order chi connectivity index (χ0) is 27.3. The predicted molar refractivity (Wildman–Crippen MR) is 145 cm³/mol. The van der Waals surface area contributed by atoms with Gasteiger partial charge in [-0.05, 0) is 50.1 Å². The SMILES string of the molecule is CC(C)(C)OC(=O)c1ccc(-c2ccc(-c3nc4nc(OC5COC6C(O)COC56)[nH]c4cc3Cl)cc2)cc1. The number of carbonyl (C=O) groups is 1. The lowest BCUT2D eigenvalue weighted by Crippen LogP contribution is -2.34. The fourth-order valence-electron chi connectivity index (χ4n) is 4.80. The van der Waals surface area contributed by atoms with E-state index in [1.54, 1.807) is 18.2 Å². The fraction of sp³-hybridized carbons (Fsp3) is 0.345. The molecule has 4 aromatic rings. The Kier molecular flexibility index (Phi) is 6.55. The summed E-state index contributed by atoms with van der Waals surface area (Å²) in [7, 11) is 0. The molecule has 10 heteroatoms. The molecule has 4 atom stereocenters. The van der Waals surface area contributed by atoms with Crippen LogP contribution >= 0.6 is 11.6 Å². The zero-order valence-electron chi connectivity index (χ0n) is 21.7. The molecule has 9 nitrogen and oxygen atoms in total. The lowest BCUT2D eigenvalue weighted by atomic mass is 10.0. The van der Waals surface area contributed by atoms with Crippen molar-refractivity contribution in [3.05, 3.63) is 65.2 Å². The number of aliphatic hydroxyl groups excluding tert-OH is 1. The molecule has 0 saturated carbocycles. The summed E-state index contributed by atoms with van der Waals surface area (Å²) in [5.41, 5.74) is 4.45. The van der Waals surface area contributed by atoms with E-state index < -0.39 is 11.7 Å². The summed E-state index contributed by atoms with van der Waals surface area (Å²) in [5.74, 6) is -0.348. The summed E-state index contributed by atoms with van der Waals surface area (Å²) in [4.78, 5) is 24.6. The number of nitrogens with one attached hydrogen (secondary N) is 1. The van der Waals surface area contributed by atoms with E-state index in [1.807, 2.05) is 57.2 Å². The number of rotatable bonds is 5. The van der Waals surface area contributed by atoms with E-state index in [0.717, 1.165) is 16.7 Å². The number of carbonyl (C=O) groups excluding carboxylic acids is 1. The molecule has 2 fully saturated rings. The topological polar surface area (TPSA) is 116 Å². The second-order valence-electron chi connectivity index (χ2n) is 10.7. The first-order valence-corrected chi connectivity index (χ1v) is 13.1. The van der Waals surface area contributed by atoms with Gasteiger partial charge in [0, 0.05) is 5.56 Å². The molecule has 0 aliphatic carbocycles. The highest BCUT2D eigenvalue weighted by Gasteiger charge is 2.48. The standard InChI is InChI=1S/C29H28ClN3O6/c1-29(2,3)39-27(35)18-10-6-16(7-11-18)15-4-8-17(9-5-15)23-19(30)12-20-26(32-23)33-28(31-20)38-22-14-37-24-21(34)13-36-25(22)24/h4-12,21-22,24-25,34H,13-14H2,1-3H3,(H,31,32,33). The third-order valence-electron chi connectivity index (χ3n) is 6.66. The van der Waals surface area contributed by atoms with Crippen LogP contribution in [0.15, 0.2) is 54.6 Å². The van der Waals surface area contributed by atoms with Crippen molar-refractivity contribution in [1.82, 2.24) is 15.0 Å². The number of imidazole rings is 1. The molecule has 39 heavy (non-hydrogen) atoms. The first-order valence-electron chi connectivity index (χ1n) is 12.7. The summed E-state index contributed by atoms with van der Waals surface area (Å²) in [6.07, 6.45) is -1.75. The van der Waals surface area contributed by atoms with Crippen LogP contribution in [0.5, 0.6) is 6.01 Å². The van der Waals surface area contributed by atoms with Gasteiger partial charge in [-0.2, -0.15) is 4.98 Å². The number of aromatic nitrogens is 3. The van der Waals surface area contributed by atoms with Crippen LogP contribution in [0.2, 0.25) is 5.02 Å². The third-order valence-corrected chi connectivity index (χ3v) is 6.95. The Balaban J connectivity index is 1.18. The van der Waals surface area contributed by atoms with Crippen molar-refractivity contribution >= 4 is 28.7 Å². The predicted octanol–water partition coefficient (Wildman–Crippen LogP) is 4.81. The van der Waals surface area contributed by atoms with Gasteiger partial charge in [0.1, 0.15) is 23.9 Å². The monoisotopic (exact) mass is 549 g/mol.